The van der Waals surface area contributed by atoms with E-state index in [1.54, 1.807) is 4.90 Å². The molecule has 1 N–H and O–H groups in total. The Kier molecular flexibility index (Phi) is 5.11. The number of oxazole rings is 1. The molecule has 1 aliphatic rings. The van der Waals surface area contributed by atoms with Gasteiger partial charge in [0.05, 0.1) is 18.2 Å². The molecule has 1 aliphatic heterocycles. The van der Waals surface area contributed by atoms with Crippen molar-refractivity contribution in [1.29, 1.82) is 0 Å². The molecular weight excluding hydrogens is 325 g/mol. The second-order valence-electron chi connectivity index (χ2n) is 6.18. The monoisotopic (exact) mass is 345 g/mol. The Balaban J connectivity index is 1.58. The highest BCUT2D eigenvalue weighted by Crippen LogP contribution is 2.19. The Labute approximate surface area is 145 Å². The van der Waals surface area contributed by atoms with Gasteiger partial charge in [0.2, 0.25) is 5.91 Å². The summed E-state index contributed by atoms with van der Waals surface area (Å²) in [4.78, 5) is 30.5. The zero-order valence-corrected chi connectivity index (χ0v) is 14.0. The first kappa shape index (κ1) is 17.1. The van der Waals surface area contributed by atoms with Gasteiger partial charge in [0.1, 0.15) is 11.6 Å². The van der Waals surface area contributed by atoms with Gasteiger partial charge in [-0.25, -0.2) is 9.37 Å². The van der Waals surface area contributed by atoms with Gasteiger partial charge in [0.15, 0.2) is 6.39 Å². The number of rotatable bonds is 4. The average Bonchev–Trinajstić information content (AvgIpc) is 3.05. The number of benzene rings is 1. The highest BCUT2D eigenvalue weighted by atomic mass is 19.1. The molecule has 2 amide bonds. The van der Waals surface area contributed by atoms with Crippen LogP contribution in [0.3, 0.4) is 0 Å². The second kappa shape index (κ2) is 7.46. The predicted octanol–water partition coefficient (Wildman–Crippen LogP) is 2.29. The van der Waals surface area contributed by atoms with E-state index in [-0.39, 0.29) is 30.1 Å². The van der Waals surface area contributed by atoms with Crippen LogP contribution in [0, 0.1) is 18.7 Å². The molecule has 0 bridgehead atoms. The Morgan fingerprint density at radius 3 is 2.80 bits per heavy atom. The SMILES string of the molecule is Cc1ncoc1CNC(=O)C1CCCN(C(=O)c2ccc(F)cc2)C1. The molecule has 1 aromatic heterocycles. The molecule has 3 rings (SSSR count). The molecule has 1 atom stereocenters. The van der Waals surface area contributed by atoms with E-state index in [4.69, 9.17) is 4.42 Å². The number of hydrogen-bond donors (Lipinski definition) is 1. The fourth-order valence-electron chi connectivity index (χ4n) is 2.96. The van der Waals surface area contributed by atoms with E-state index < -0.39 is 0 Å². The third-order valence-corrected chi connectivity index (χ3v) is 4.44. The number of nitrogens with zero attached hydrogens (tertiary/aromatic N) is 2. The van der Waals surface area contributed by atoms with Crippen molar-refractivity contribution in [2.75, 3.05) is 13.1 Å². The third kappa shape index (κ3) is 4.04. The van der Waals surface area contributed by atoms with E-state index in [0.717, 1.165) is 18.5 Å². The molecule has 0 spiro atoms. The second-order valence-corrected chi connectivity index (χ2v) is 6.18. The molecule has 1 saturated heterocycles. The maximum atomic E-state index is 13.0. The zero-order valence-electron chi connectivity index (χ0n) is 14.0. The van der Waals surface area contributed by atoms with Gasteiger partial charge in [-0.05, 0) is 44.0 Å². The lowest BCUT2D eigenvalue weighted by Gasteiger charge is -2.32. The predicted molar refractivity (Wildman–Crippen MR) is 88.1 cm³/mol. The Hall–Kier alpha value is -2.70. The number of amides is 2. The van der Waals surface area contributed by atoms with Crippen LogP contribution in [0.2, 0.25) is 0 Å². The van der Waals surface area contributed by atoms with Crippen molar-refractivity contribution in [2.24, 2.45) is 5.92 Å². The normalized spacial score (nSPS) is 17.4. The van der Waals surface area contributed by atoms with E-state index in [0.29, 0.717) is 24.4 Å². The number of aromatic nitrogens is 1. The van der Waals surface area contributed by atoms with Gasteiger partial charge in [-0.3, -0.25) is 9.59 Å². The average molecular weight is 345 g/mol. The Morgan fingerprint density at radius 1 is 1.36 bits per heavy atom. The molecule has 0 saturated carbocycles. The van der Waals surface area contributed by atoms with E-state index in [2.05, 4.69) is 10.3 Å². The van der Waals surface area contributed by atoms with Crippen molar-refractivity contribution in [1.82, 2.24) is 15.2 Å². The van der Waals surface area contributed by atoms with Gasteiger partial charge in [-0.2, -0.15) is 0 Å². The number of aryl methyl sites for hydroxylation is 1. The van der Waals surface area contributed by atoms with Gasteiger partial charge in [-0.1, -0.05) is 0 Å². The molecule has 7 heteroatoms. The molecule has 25 heavy (non-hydrogen) atoms. The van der Waals surface area contributed by atoms with Crippen molar-refractivity contribution >= 4 is 11.8 Å². The van der Waals surface area contributed by atoms with Crippen LogP contribution < -0.4 is 5.32 Å². The summed E-state index contributed by atoms with van der Waals surface area (Å²) in [6, 6.07) is 5.46. The first-order valence-electron chi connectivity index (χ1n) is 8.26. The van der Waals surface area contributed by atoms with Crippen LogP contribution in [0.1, 0.15) is 34.7 Å². The van der Waals surface area contributed by atoms with E-state index >= 15 is 0 Å². The highest BCUT2D eigenvalue weighted by molar-refractivity contribution is 5.94. The number of halogens is 1. The number of hydrogen-bond acceptors (Lipinski definition) is 4. The summed E-state index contributed by atoms with van der Waals surface area (Å²) in [6.45, 7) is 3.06. The van der Waals surface area contributed by atoms with E-state index in [9.17, 15) is 14.0 Å². The molecule has 6 nitrogen and oxygen atoms in total. The van der Waals surface area contributed by atoms with Crippen molar-refractivity contribution in [3.8, 4) is 0 Å². The quantitative estimate of drug-likeness (QED) is 0.922. The van der Waals surface area contributed by atoms with Crippen molar-refractivity contribution < 1.29 is 18.4 Å². The van der Waals surface area contributed by atoms with E-state index in [1.807, 2.05) is 6.92 Å². The minimum absolute atomic E-state index is 0.104. The summed E-state index contributed by atoms with van der Waals surface area (Å²) in [5, 5.41) is 2.84. The molecule has 2 heterocycles. The molecular formula is C18H20FN3O3. The van der Waals surface area contributed by atoms with Crippen LogP contribution in [0.5, 0.6) is 0 Å². The summed E-state index contributed by atoms with van der Waals surface area (Å²) in [6.07, 6.45) is 2.83. The number of piperidine rings is 1. The fraction of sp³-hybridized carbons (Fsp3) is 0.389. The maximum absolute atomic E-state index is 13.0. The van der Waals surface area contributed by atoms with Crippen LogP contribution in [-0.2, 0) is 11.3 Å². The first-order valence-corrected chi connectivity index (χ1v) is 8.26. The topological polar surface area (TPSA) is 75.4 Å². The van der Waals surface area contributed by atoms with Crippen LogP contribution in [0.4, 0.5) is 4.39 Å². The maximum Gasteiger partial charge on any atom is 0.253 e. The van der Waals surface area contributed by atoms with Gasteiger partial charge >= 0.3 is 0 Å². The van der Waals surface area contributed by atoms with Crippen molar-refractivity contribution in [3.05, 3.63) is 53.5 Å². The third-order valence-electron chi connectivity index (χ3n) is 4.44. The zero-order chi connectivity index (χ0) is 17.8. The first-order chi connectivity index (χ1) is 12.0. The van der Waals surface area contributed by atoms with Crippen molar-refractivity contribution in [2.45, 2.75) is 26.3 Å². The Bertz CT molecular complexity index is 757. The number of carbonyl (C=O) groups is 2. The number of carbonyl (C=O) groups excluding carboxylic acids is 2. The van der Waals surface area contributed by atoms with E-state index in [1.165, 1.54) is 30.7 Å². The summed E-state index contributed by atoms with van der Waals surface area (Å²) in [5.41, 5.74) is 1.18. The highest BCUT2D eigenvalue weighted by Gasteiger charge is 2.29. The molecule has 132 valence electrons. The minimum Gasteiger partial charge on any atom is -0.446 e. The largest absolute Gasteiger partial charge is 0.446 e. The lowest BCUT2D eigenvalue weighted by molar-refractivity contribution is -0.126. The molecule has 2 aromatic rings. The summed E-state index contributed by atoms with van der Waals surface area (Å²) < 4.78 is 18.2. The lowest BCUT2D eigenvalue weighted by atomic mass is 9.96. The smallest absolute Gasteiger partial charge is 0.253 e. The standard InChI is InChI=1S/C18H20FN3O3/c1-12-16(25-11-21-12)9-20-17(23)14-3-2-8-22(10-14)18(24)13-4-6-15(19)7-5-13/h4-7,11,14H,2-3,8-10H2,1H3,(H,20,23). The van der Waals surface area contributed by atoms with Crippen LogP contribution in [-0.4, -0.2) is 34.8 Å². The van der Waals surface area contributed by atoms with Crippen molar-refractivity contribution in [3.63, 3.8) is 0 Å². The molecule has 1 unspecified atom stereocenters. The van der Waals surface area contributed by atoms with Gasteiger partial charge in [0.25, 0.3) is 5.91 Å². The summed E-state index contributed by atoms with van der Waals surface area (Å²) >= 11 is 0. The fourth-order valence-corrected chi connectivity index (χ4v) is 2.96. The number of likely N-dealkylation sites (tertiary alicyclic amines) is 1. The molecule has 1 aromatic carbocycles. The van der Waals surface area contributed by atoms with Gasteiger partial charge < -0.3 is 14.6 Å². The van der Waals surface area contributed by atoms with Gasteiger partial charge in [-0.15, -0.1) is 0 Å². The summed E-state index contributed by atoms with van der Waals surface area (Å²) in [7, 11) is 0. The lowest BCUT2D eigenvalue weighted by Crippen LogP contribution is -2.45. The summed E-state index contributed by atoms with van der Waals surface area (Å²) in [5.74, 6) is -0.295. The Morgan fingerprint density at radius 2 is 2.12 bits per heavy atom. The van der Waals surface area contributed by atoms with Crippen LogP contribution in [0.25, 0.3) is 0 Å². The van der Waals surface area contributed by atoms with Gasteiger partial charge in [0, 0.05) is 18.7 Å². The number of nitrogens with one attached hydrogen (secondary N) is 1. The van der Waals surface area contributed by atoms with Crippen LogP contribution >= 0.6 is 0 Å². The molecule has 0 radical (unpaired) electrons. The molecule has 1 fully saturated rings. The molecule has 0 aliphatic carbocycles. The minimum atomic E-state index is -0.379. The van der Waals surface area contributed by atoms with Crippen LogP contribution in [0.15, 0.2) is 35.1 Å².